The van der Waals surface area contributed by atoms with Gasteiger partial charge in [-0.05, 0) is 25.1 Å². The number of thiazole rings is 1. The minimum Gasteiger partial charge on any atom is -0.506 e. The van der Waals surface area contributed by atoms with Gasteiger partial charge < -0.3 is 10.4 Å². The summed E-state index contributed by atoms with van der Waals surface area (Å²) in [5.41, 5.74) is 0.416. The van der Waals surface area contributed by atoms with Gasteiger partial charge in [-0.25, -0.2) is 4.98 Å². The number of aromatic hydroxyl groups is 1. The van der Waals surface area contributed by atoms with Crippen molar-refractivity contribution in [2.24, 2.45) is 0 Å². The van der Waals surface area contributed by atoms with E-state index in [0.29, 0.717) is 12.1 Å². The topological polar surface area (TPSA) is 62.2 Å². The number of aryl methyl sites for hydroxylation is 1. The molecule has 0 radical (unpaired) electrons. The average molecular weight is 283 g/mol. The second kappa shape index (κ2) is 5.37. The zero-order chi connectivity index (χ0) is 13.1. The lowest BCUT2D eigenvalue weighted by molar-refractivity contribution is 0.0951. The molecule has 0 atom stereocenters. The van der Waals surface area contributed by atoms with Crippen LogP contribution in [0.1, 0.15) is 20.2 Å². The van der Waals surface area contributed by atoms with E-state index in [9.17, 15) is 9.90 Å². The highest BCUT2D eigenvalue weighted by molar-refractivity contribution is 7.11. The van der Waals surface area contributed by atoms with Crippen molar-refractivity contribution in [1.29, 1.82) is 0 Å². The number of rotatable bonds is 3. The molecule has 6 heteroatoms. The van der Waals surface area contributed by atoms with Gasteiger partial charge in [-0.15, -0.1) is 11.3 Å². The van der Waals surface area contributed by atoms with E-state index in [2.05, 4.69) is 10.3 Å². The largest absolute Gasteiger partial charge is 0.506 e. The summed E-state index contributed by atoms with van der Waals surface area (Å²) in [5, 5.41) is 13.2. The molecular weight excluding hydrogens is 272 g/mol. The Labute approximate surface area is 113 Å². The molecule has 0 aliphatic rings. The highest BCUT2D eigenvalue weighted by Gasteiger charge is 2.08. The number of hydrogen-bond donors (Lipinski definition) is 2. The number of carbonyl (C=O) groups excluding carboxylic acids is 1. The summed E-state index contributed by atoms with van der Waals surface area (Å²) in [4.78, 5) is 16.9. The van der Waals surface area contributed by atoms with Gasteiger partial charge in [0.05, 0.1) is 16.6 Å². The van der Waals surface area contributed by atoms with Crippen molar-refractivity contribution < 1.29 is 9.90 Å². The van der Waals surface area contributed by atoms with Crippen LogP contribution in [-0.2, 0) is 6.54 Å². The molecule has 94 valence electrons. The first kappa shape index (κ1) is 12.9. The summed E-state index contributed by atoms with van der Waals surface area (Å²) >= 11 is 7.28. The molecule has 0 bridgehead atoms. The van der Waals surface area contributed by atoms with Crippen molar-refractivity contribution in [1.82, 2.24) is 10.3 Å². The minimum atomic E-state index is -0.233. The van der Waals surface area contributed by atoms with E-state index in [1.54, 1.807) is 6.20 Å². The van der Waals surface area contributed by atoms with Gasteiger partial charge in [0.25, 0.3) is 5.91 Å². The third-order valence-corrected chi connectivity index (χ3v) is 3.52. The Morgan fingerprint density at radius 2 is 2.33 bits per heavy atom. The summed E-state index contributed by atoms with van der Waals surface area (Å²) < 4.78 is 0. The third-order valence-electron chi connectivity index (χ3n) is 2.30. The van der Waals surface area contributed by atoms with Crippen molar-refractivity contribution in [3.05, 3.63) is 44.9 Å². The molecule has 2 N–H and O–H groups in total. The predicted octanol–water partition coefficient (Wildman–Crippen LogP) is 2.74. The summed E-state index contributed by atoms with van der Waals surface area (Å²) in [7, 11) is 0. The van der Waals surface area contributed by atoms with Crippen molar-refractivity contribution in [3.63, 3.8) is 0 Å². The van der Waals surface area contributed by atoms with Crippen LogP contribution in [0.25, 0.3) is 0 Å². The number of carbonyl (C=O) groups is 1. The first-order chi connectivity index (χ1) is 8.56. The molecule has 0 fully saturated rings. The number of phenolic OH excluding ortho intramolecular Hbond substituents is 1. The smallest absolute Gasteiger partial charge is 0.251 e. The van der Waals surface area contributed by atoms with Crippen molar-refractivity contribution in [2.75, 3.05) is 0 Å². The van der Waals surface area contributed by atoms with Gasteiger partial charge in [0.1, 0.15) is 5.75 Å². The van der Waals surface area contributed by atoms with Gasteiger partial charge in [0, 0.05) is 16.6 Å². The van der Waals surface area contributed by atoms with Gasteiger partial charge in [0.2, 0.25) is 0 Å². The maximum absolute atomic E-state index is 11.8. The number of nitrogens with one attached hydrogen (secondary N) is 1. The Morgan fingerprint density at radius 1 is 1.56 bits per heavy atom. The highest BCUT2D eigenvalue weighted by atomic mass is 35.5. The quantitative estimate of drug-likeness (QED) is 0.910. The van der Waals surface area contributed by atoms with E-state index in [4.69, 9.17) is 11.6 Å². The molecule has 1 heterocycles. The fraction of sp³-hybridized carbons (Fsp3) is 0.167. The maximum atomic E-state index is 11.8. The zero-order valence-corrected chi connectivity index (χ0v) is 11.2. The molecule has 2 rings (SSSR count). The average Bonchev–Trinajstić information content (AvgIpc) is 2.75. The number of aromatic nitrogens is 1. The summed E-state index contributed by atoms with van der Waals surface area (Å²) in [5.74, 6) is -0.269. The van der Waals surface area contributed by atoms with Crippen LogP contribution < -0.4 is 5.32 Å². The number of amides is 1. The van der Waals surface area contributed by atoms with E-state index in [1.165, 1.54) is 29.5 Å². The lowest BCUT2D eigenvalue weighted by Gasteiger charge is -2.04. The molecule has 1 amide bonds. The van der Waals surface area contributed by atoms with Crippen LogP contribution in [-0.4, -0.2) is 16.0 Å². The van der Waals surface area contributed by atoms with Crippen LogP contribution in [0.2, 0.25) is 5.02 Å². The summed E-state index contributed by atoms with van der Waals surface area (Å²) in [6.45, 7) is 2.35. The maximum Gasteiger partial charge on any atom is 0.251 e. The monoisotopic (exact) mass is 282 g/mol. The number of phenols is 1. The van der Waals surface area contributed by atoms with Gasteiger partial charge >= 0.3 is 0 Å². The lowest BCUT2D eigenvalue weighted by Crippen LogP contribution is -2.22. The van der Waals surface area contributed by atoms with Crippen molar-refractivity contribution >= 4 is 28.8 Å². The Bertz CT molecular complexity index is 583. The SMILES string of the molecule is Cc1ncc(CNC(=O)c2ccc(O)c(Cl)c2)s1. The second-order valence-corrected chi connectivity index (χ2v) is 5.42. The van der Waals surface area contributed by atoms with Crippen LogP contribution in [0.15, 0.2) is 24.4 Å². The molecule has 0 saturated carbocycles. The first-order valence-electron chi connectivity index (χ1n) is 5.24. The molecule has 0 aliphatic carbocycles. The molecule has 1 aromatic heterocycles. The zero-order valence-electron chi connectivity index (χ0n) is 9.61. The summed E-state index contributed by atoms with van der Waals surface area (Å²) in [6, 6.07) is 4.35. The Hall–Kier alpha value is -1.59. The van der Waals surface area contributed by atoms with Gasteiger partial charge in [-0.2, -0.15) is 0 Å². The Kier molecular flexibility index (Phi) is 3.84. The molecule has 2 aromatic rings. The molecule has 0 unspecified atom stereocenters. The Morgan fingerprint density at radius 3 is 2.94 bits per heavy atom. The Balaban J connectivity index is 2.01. The fourth-order valence-electron chi connectivity index (χ4n) is 1.40. The number of benzene rings is 1. The van der Waals surface area contributed by atoms with Gasteiger partial charge in [0.15, 0.2) is 0 Å². The van der Waals surface area contributed by atoms with Gasteiger partial charge in [-0.1, -0.05) is 11.6 Å². The number of nitrogens with zero attached hydrogens (tertiary/aromatic N) is 1. The normalized spacial score (nSPS) is 10.3. The molecule has 0 aliphatic heterocycles. The summed E-state index contributed by atoms with van der Waals surface area (Å²) in [6.07, 6.45) is 1.74. The van der Waals surface area contributed by atoms with Crippen LogP contribution in [0.4, 0.5) is 0 Å². The van der Waals surface area contributed by atoms with E-state index in [-0.39, 0.29) is 16.7 Å². The minimum absolute atomic E-state index is 0.0358. The van der Waals surface area contributed by atoms with Crippen molar-refractivity contribution in [2.45, 2.75) is 13.5 Å². The molecule has 4 nitrogen and oxygen atoms in total. The molecular formula is C12H11ClN2O2S. The van der Waals surface area contributed by atoms with E-state index in [0.717, 1.165) is 9.88 Å². The third kappa shape index (κ3) is 3.00. The van der Waals surface area contributed by atoms with E-state index >= 15 is 0 Å². The molecule has 0 saturated heterocycles. The number of hydrogen-bond acceptors (Lipinski definition) is 4. The fourth-order valence-corrected chi connectivity index (χ4v) is 2.32. The highest BCUT2D eigenvalue weighted by Crippen LogP contribution is 2.23. The first-order valence-corrected chi connectivity index (χ1v) is 6.44. The molecule has 1 aromatic carbocycles. The van der Waals surface area contributed by atoms with Gasteiger partial charge in [-0.3, -0.25) is 4.79 Å². The van der Waals surface area contributed by atoms with Crippen LogP contribution in [0.5, 0.6) is 5.75 Å². The predicted molar refractivity (Wildman–Crippen MR) is 71.1 cm³/mol. The molecule has 18 heavy (non-hydrogen) atoms. The van der Waals surface area contributed by atoms with E-state index in [1.807, 2.05) is 6.92 Å². The van der Waals surface area contributed by atoms with Crippen LogP contribution >= 0.6 is 22.9 Å². The van der Waals surface area contributed by atoms with Crippen LogP contribution in [0.3, 0.4) is 0 Å². The lowest BCUT2D eigenvalue weighted by atomic mass is 10.2. The molecule has 0 spiro atoms. The second-order valence-electron chi connectivity index (χ2n) is 3.69. The standard InChI is InChI=1S/C12H11ClN2O2S/c1-7-14-5-9(18-7)6-15-12(17)8-2-3-11(16)10(13)4-8/h2-5,16H,6H2,1H3,(H,15,17). The van der Waals surface area contributed by atoms with Crippen molar-refractivity contribution in [3.8, 4) is 5.75 Å². The number of halogens is 1. The van der Waals surface area contributed by atoms with E-state index < -0.39 is 0 Å². The van der Waals surface area contributed by atoms with Crippen LogP contribution in [0, 0.1) is 6.92 Å².